The molecule has 102 valence electrons. The fourth-order valence-corrected chi connectivity index (χ4v) is 2.44. The maximum Gasteiger partial charge on any atom is 0.0604 e. The van der Waals surface area contributed by atoms with E-state index >= 15 is 0 Å². The molecule has 0 bridgehead atoms. The second kappa shape index (κ2) is 8.93. The standard InChI is InChI=1S/C15H31NO/c1-4-17-15-11-14(12-15)16-10-8-6-5-7-9-13(2)3/h13-16H,4-12H2,1-3H3. The normalized spacial score (nSPS) is 24.0. The summed E-state index contributed by atoms with van der Waals surface area (Å²) in [5.41, 5.74) is 0. The molecule has 1 N–H and O–H groups in total. The van der Waals surface area contributed by atoms with Crippen LogP contribution in [0.25, 0.3) is 0 Å². The van der Waals surface area contributed by atoms with Crippen molar-refractivity contribution in [2.45, 2.75) is 77.9 Å². The van der Waals surface area contributed by atoms with Crippen molar-refractivity contribution in [2.75, 3.05) is 13.2 Å². The van der Waals surface area contributed by atoms with Gasteiger partial charge < -0.3 is 10.1 Å². The fourth-order valence-electron chi connectivity index (χ4n) is 2.44. The maximum absolute atomic E-state index is 5.55. The van der Waals surface area contributed by atoms with Gasteiger partial charge >= 0.3 is 0 Å². The Balaban J connectivity index is 1.77. The number of hydrogen-bond acceptors (Lipinski definition) is 2. The summed E-state index contributed by atoms with van der Waals surface area (Å²) < 4.78 is 5.55. The van der Waals surface area contributed by atoms with E-state index in [0.717, 1.165) is 18.6 Å². The van der Waals surface area contributed by atoms with Crippen LogP contribution in [0.5, 0.6) is 0 Å². The lowest BCUT2D eigenvalue weighted by atomic mass is 9.89. The highest BCUT2D eigenvalue weighted by molar-refractivity contribution is 4.85. The molecule has 0 aromatic rings. The van der Waals surface area contributed by atoms with E-state index in [1.54, 1.807) is 0 Å². The molecule has 0 atom stereocenters. The molecule has 0 unspecified atom stereocenters. The van der Waals surface area contributed by atoms with Gasteiger partial charge in [-0.15, -0.1) is 0 Å². The van der Waals surface area contributed by atoms with Crippen molar-refractivity contribution in [2.24, 2.45) is 5.92 Å². The van der Waals surface area contributed by atoms with Crippen LogP contribution in [-0.4, -0.2) is 25.3 Å². The minimum Gasteiger partial charge on any atom is -0.378 e. The van der Waals surface area contributed by atoms with Crippen LogP contribution in [0.4, 0.5) is 0 Å². The Bertz CT molecular complexity index is 176. The summed E-state index contributed by atoms with van der Waals surface area (Å²) in [4.78, 5) is 0. The third-order valence-corrected chi connectivity index (χ3v) is 3.64. The summed E-state index contributed by atoms with van der Waals surface area (Å²) in [7, 11) is 0. The number of ether oxygens (including phenoxy) is 1. The van der Waals surface area contributed by atoms with Crippen LogP contribution < -0.4 is 5.32 Å². The molecule has 2 nitrogen and oxygen atoms in total. The fraction of sp³-hybridized carbons (Fsp3) is 1.00. The summed E-state index contributed by atoms with van der Waals surface area (Å²) in [6, 6.07) is 0.738. The summed E-state index contributed by atoms with van der Waals surface area (Å²) in [6.45, 7) is 8.77. The molecule has 1 saturated carbocycles. The van der Waals surface area contributed by atoms with E-state index in [0.29, 0.717) is 6.10 Å². The average molecular weight is 241 g/mol. The first kappa shape index (κ1) is 15.0. The molecule has 1 aliphatic carbocycles. The van der Waals surface area contributed by atoms with Gasteiger partial charge in [0.2, 0.25) is 0 Å². The summed E-state index contributed by atoms with van der Waals surface area (Å²) in [6.07, 6.45) is 9.94. The molecule has 17 heavy (non-hydrogen) atoms. The predicted octanol–water partition coefficient (Wildman–Crippen LogP) is 3.75. The van der Waals surface area contributed by atoms with E-state index in [1.807, 2.05) is 0 Å². The molecule has 0 saturated heterocycles. The Labute approximate surface area is 108 Å². The van der Waals surface area contributed by atoms with Crippen molar-refractivity contribution in [1.29, 1.82) is 0 Å². The first-order chi connectivity index (χ1) is 8.22. The Morgan fingerprint density at radius 3 is 2.47 bits per heavy atom. The molecular formula is C15H31NO. The molecule has 0 aromatic carbocycles. The Kier molecular flexibility index (Phi) is 7.87. The van der Waals surface area contributed by atoms with Crippen molar-refractivity contribution in [3.05, 3.63) is 0 Å². The average Bonchev–Trinajstić information content (AvgIpc) is 2.23. The smallest absolute Gasteiger partial charge is 0.0604 e. The van der Waals surface area contributed by atoms with Crippen LogP contribution in [0, 0.1) is 5.92 Å². The number of rotatable bonds is 10. The molecule has 0 radical (unpaired) electrons. The van der Waals surface area contributed by atoms with E-state index in [-0.39, 0.29) is 0 Å². The second-order valence-corrected chi connectivity index (χ2v) is 5.80. The van der Waals surface area contributed by atoms with Gasteiger partial charge in [0.1, 0.15) is 0 Å². The minimum atomic E-state index is 0.545. The maximum atomic E-state index is 5.55. The molecule has 0 aliphatic heterocycles. The lowest BCUT2D eigenvalue weighted by Gasteiger charge is -2.35. The molecular weight excluding hydrogens is 210 g/mol. The van der Waals surface area contributed by atoms with E-state index in [2.05, 4.69) is 26.1 Å². The zero-order chi connectivity index (χ0) is 12.5. The zero-order valence-corrected chi connectivity index (χ0v) is 12.0. The van der Waals surface area contributed by atoms with E-state index in [4.69, 9.17) is 4.74 Å². The van der Waals surface area contributed by atoms with Gasteiger partial charge in [0.25, 0.3) is 0 Å². The van der Waals surface area contributed by atoms with Gasteiger partial charge in [-0.25, -0.2) is 0 Å². The molecule has 2 heteroatoms. The molecule has 1 fully saturated rings. The van der Waals surface area contributed by atoms with Crippen LogP contribution in [0.15, 0.2) is 0 Å². The van der Waals surface area contributed by atoms with Crippen LogP contribution >= 0.6 is 0 Å². The van der Waals surface area contributed by atoms with Gasteiger partial charge in [-0.05, 0) is 38.6 Å². The summed E-state index contributed by atoms with van der Waals surface area (Å²) in [5.74, 6) is 0.874. The van der Waals surface area contributed by atoms with E-state index < -0.39 is 0 Å². The number of unbranched alkanes of at least 4 members (excludes halogenated alkanes) is 3. The topological polar surface area (TPSA) is 21.3 Å². The number of nitrogens with one attached hydrogen (secondary N) is 1. The lowest BCUT2D eigenvalue weighted by molar-refractivity contribution is -0.00975. The molecule has 0 amide bonds. The minimum absolute atomic E-state index is 0.545. The van der Waals surface area contributed by atoms with Crippen molar-refractivity contribution < 1.29 is 4.74 Å². The second-order valence-electron chi connectivity index (χ2n) is 5.80. The largest absolute Gasteiger partial charge is 0.378 e. The Morgan fingerprint density at radius 2 is 1.82 bits per heavy atom. The summed E-state index contributed by atoms with van der Waals surface area (Å²) in [5, 5.41) is 3.63. The van der Waals surface area contributed by atoms with E-state index in [9.17, 15) is 0 Å². The van der Waals surface area contributed by atoms with Crippen LogP contribution in [0.3, 0.4) is 0 Å². The predicted molar refractivity (Wildman–Crippen MR) is 74.4 cm³/mol. The zero-order valence-electron chi connectivity index (χ0n) is 12.0. The first-order valence-electron chi connectivity index (χ1n) is 7.57. The van der Waals surface area contributed by atoms with Crippen molar-refractivity contribution in [3.63, 3.8) is 0 Å². The highest BCUT2D eigenvalue weighted by Crippen LogP contribution is 2.23. The molecule has 0 aromatic heterocycles. The molecule has 1 aliphatic rings. The van der Waals surface area contributed by atoms with Crippen LogP contribution in [-0.2, 0) is 4.74 Å². The number of hydrogen-bond donors (Lipinski definition) is 1. The van der Waals surface area contributed by atoms with Crippen LogP contribution in [0.1, 0.15) is 65.7 Å². The van der Waals surface area contributed by atoms with Crippen LogP contribution in [0.2, 0.25) is 0 Å². The SMILES string of the molecule is CCOC1CC(NCCCCCCC(C)C)C1. The Morgan fingerprint density at radius 1 is 1.12 bits per heavy atom. The van der Waals surface area contributed by atoms with Gasteiger partial charge in [0.15, 0.2) is 0 Å². The molecule has 0 heterocycles. The Hall–Kier alpha value is -0.0800. The summed E-state index contributed by atoms with van der Waals surface area (Å²) >= 11 is 0. The third-order valence-electron chi connectivity index (χ3n) is 3.64. The van der Waals surface area contributed by atoms with Gasteiger partial charge in [0.05, 0.1) is 6.10 Å². The van der Waals surface area contributed by atoms with E-state index in [1.165, 1.54) is 51.5 Å². The van der Waals surface area contributed by atoms with Gasteiger partial charge in [-0.2, -0.15) is 0 Å². The van der Waals surface area contributed by atoms with Crippen molar-refractivity contribution in [1.82, 2.24) is 5.32 Å². The highest BCUT2D eigenvalue weighted by Gasteiger charge is 2.28. The molecule has 1 rings (SSSR count). The van der Waals surface area contributed by atoms with Gasteiger partial charge in [-0.1, -0.05) is 39.5 Å². The van der Waals surface area contributed by atoms with Gasteiger partial charge in [-0.3, -0.25) is 0 Å². The monoisotopic (exact) mass is 241 g/mol. The van der Waals surface area contributed by atoms with Gasteiger partial charge in [0, 0.05) is 12.6 Å². The third kappa shape index (κ3) is 7.05. The first-order valence-corrected chi connectivity index (χ1v) is 7.57. The highest BCUT2D eigenvalue weighted by atomic mass is 16.5. The lowest BCUT2D eigenvalue weighted by Crippen LogP contribution is -2.45. The van der Waals surface area contributed by atoms with Crippen molar-refractivity contribution >= 4 is 0 Å². The van der Waals surface area contributed by atoms with Crippen molar-refractivity contribution in [3.8, 4) is 0 Å². The molecule has 0 spiro atoms. The quantitative estimate of drug-likeness (QED) is 0.588.